The number of rotatable bonds is 4. The number of nitrogens with one attached hydrogen (secondary N) is 1. The molecule has 0 radical (unpaired) electrons. The monoisotopic (exact) mass is 370 g/mol. The van der Waals surface area contributed by atoms with E-state index in [1.165, 1.54) is 16.8 Å². The molecule has 0 bridgehead atoms. The van der Waals surface area contributed by atoms with Crippen LogP contribution in [0.25, 0.3) is 0 Å². The molecule has 5 nitrogen and oxygen atoms in total. The van der Waals surface area contributed by atoms with Gasteiger partial charge in [-0.05, 0) is 37.8 Å². The maximum Gasteiger partial charge on any atom is 0.245 e. The summed E-state index contributed by atoms with van der Waals surface area (Å²) in [6, 6.07) is 5.93. The summed E-state index contributed by atoms with van der Waals surface area (Å²) in [4.78, 5) is 12.7. The van der Waals surface area contributed by atoms with Crippen molar-refractivity contribution in [2.24, 2.45) is 0 Å². The van der Waals surface area contributed by atoms with E-state index >= 15 is 0 Å². The SMILES string of the molecule is O=C(NC1CCCCC1)[C@@H]1CCCN1S(=O)(=O)c1ccccc1Cl. The molecular weight excluding hydrogens is 348 g/mol. The van der Waals surface area contributed by atoms with E-state index in [9.17, 15) is 13.2 Å². The summed E-state index contributed by atoms with van der Waals surface area (Å²) in [5.41, 5.74) is 0. The lowest BCUT2D eigenvalue weighted by Crippen LogP contribution is -2.49. The van der Waals surface area contributed by atoms with Crippen molar-refractivity contribution in [2.45, 2.75) is 61.9 Å². The average Bonchev–Trinajstić information content (AvgIpc) is 3.06. The van der Waals surface area contributed by atoms with Crippen LogP contribution in [-0.2, 0) is 14.8 Å². The molecule has 3 rings (SSSR count). The van der Waals surface area contributed by atoms with Gasteiger partial charge in [-0.1, -0.05) is 43.0 Å². The fourth-order valence-electron chi connectivity index (χ4n) is 3.61. The van der Waals surface area contributed by atoms with E-state index in [0.717, 1.165) is 25.7 Å². The van der Waals surface area contributed by atoms with Gasteiger partial charge in [0.15, 0.2) is 0 Å². The molecule has 1 aliphatic carbocycles. The largest absolute Gasteiger partial charge is 0.352 e. The molecule has 1 saturated carbocycles. The van der Waals surface area contributed by atoms with Crippen LogP contribution in [0.2, 0.25) is 5.02 Å². The predicted octanol–water partition coefficient (Wildman–Crippen LogP) is 2.94. The van der Waals surface area contributed by atoms with Crippen molar-refractivity contribution in [3.8, 4) is 0 Å². The average molecular weight is 371 g/mol. The van der Waals surface area contributed by atoms with Gasteiger partial charge in [-0.2, -0.15) is 4.31 Å². The first-order chi connectivity index (χ1) is 11.5. The van der Waals surface area contributed by atoms with E-state index in [2.05, 4.69) is 5.32 Å². The molecule has 1 aromatic rings. The Balaban J connectivity index is 1.77. The molecule has 1 aromatic carbocycles. The topological polar surface area (TPSA) is 66.5 Å². The Kier molecular flexibility index (Phi) is 5.47. The molecule has 132 valence electrons. The van der Waals surface area contributed by atoms with E-state index in [1.54, 1.807) is 18.2 Å². The second-order valence-electron chi connectivity index (χ2n) is 6.55. The summed E-state index contributed by atoms with van der Waals surface area (Å²) in [5, 5.41) is 3.24. The minimum absolute atomic E-state index is 0.0732. The van der Waals surface area contributed by atoms with Gasteiger partial charge in [0, 0.05) is 12.6 Å². The van der Waals surface area contributed by atoms with Gasteiger partial charge in [0.25, 0.3) is 0 Å². The van der Waals surface area contributed by atoms with Crippen LogP contribution in [-0.4, -0.2) is 37.3 Å². The van der Waals surface area contributed by atoms with Gasteiger partial charge >= 0.3 is 0 Å². The first-order valence-electron chi connectivity index (χ1n) is 8.57. The third-order valence-corrected chi connectivity index (χ3v) is 7.29. The van der Waals surface area contributed by atoms with Gasteiger partial charge in [0.05, 0.1) is 5.02 Å². The highest BCUT2D eigenvalue weighted by atomic mass is 35.5. The van der Waals surface area contributed by atoms with Crippen molar-refractivity contribution < 1.29 is 13.2 Å². The Morgan fingerprint density at radius 2 is 1.79 bits per heavy atom. The van der Waals surface area contributed by atoms with Gasteiger partial charge in [0.1, 0.15) is 10.9 Å². The Hall–Kier alpha value is -1.11. The lowest BCUT2D eigenvalue weighted by molar-refractivity contribution is -0.125. The summed E-state index contributed by atoms with van der Waals surface area (Å²) in [7, 11) is -3.76. The van der Waals surface area contributed by atoms with Crippen LogP contribution in [0, 0.1) is 0 Å². The molecule has 0 aromatic heterocycles. The molecule has 0 spiro atoms. The highest BCUT2D eigenvalue weighted by Crippen LogP contribution is 2.30. The van der Waals surface area contributed by atoms with E-state index in [4.69, 9.17) is 11.6 Å². The summed E-state index contributed by atoms with van der Waals surface area (Å²) in [6.45, 7) is 0.357. The number of carbonyl (C=O) groups is 1. The zero-order chi connectivity index (χ0) is 17.2. The first kappa shape index (κ1) is 17.7. The normalized spacial score (nSPS) is 23.3. The number of hydrogen-bond acceptors (Lipinski definition) is 3. The maximum absolute atomic E-state index is 12.9. The standard InChI is InChI=1S/C17H23ClN2O3S/c18-14-9-4-5-11-16(14)24(22,23)20-12-6-10-15(20)17(21)19-13-7-2-1-3-8-13/h4-5,9,11,13,15H,1-3,6-8,10,12H2,(H,19,21)/t15-/m0/s1. The molecule has 2 aliphatic rings. The maximum atomic E-state index is 12.9. The number of benzene rings is 1. The van der Waals surface area contributed by atoms with Crippen LogP contribution in [0.5, 0.6) is 0 Å². The quantitative estimate of drug-likeness (QED) is 0.886. The Morgan fingerprint density at radius 1 is 1.08 bits per heavy atom. The smallest absolute Gasteiger partial charge is 0.245 e. The summed E-state index contributed by atoms with van der Waals surface area (Å²) in [5.74, 6) is -0.171. The zero-order valence-electron chi connectivity index (χ0n) is 13.6. The number of amides is 1. The third kappa shape index (κ3) is 3.60. The first-order valence-corrected chi connectivity index (χ1v) is 10.4. The molecular formula is C17H23ClN2O3S. The van der Waals surface area contributed by atoms with E-state index in [1.807, 2.05) is 0 Å². The minimum atomic E-state index is -3.76. The van der Waals surface area contributed by atoms with Crippen LogP contribution >= 0.6 is 11.6 Å². The summed E-state index contributed by atoms with van der Waals surface area (Å²) >= 11 is 6.06. The van der Waals surface area contributed by atoms with Crippen molar-refractivity contribution in [2.75, 3.05) is 6.54 Å². The highest BCUT2D eigenvalue weighted by Gasteiger charge is 2.40. The van der Waals surface area contributed by atoms with Crippen molar-refractivity contribution in [1.82, 2.24) is 9.62 Å². The number of halogens is 1. The van der Waals surface area contributed by atoms with Crippen molar-refractivity contribution >= 4 is 27.5 Å². The second-order valence-corrected chi connectivity index (χ2v) is 8.81. The second kappa shape index (κ2) is 7.42. The lowest BCUT2D eigenvalue weighted by atomic mass is 9.95. The fraction of sp³-hybridized carbons (Fsp3) is 0.588. The van der Waals surface area contributed by atoms with Crippen LogP contribution in [0.4, 0.5) is 0 Å². The molecule has 1 amide bonds. The Bertz CT molecular complexity index is 702. The lowest BCUT2D eigenvalue weighted by Gasteiger charge is -2.28. The molecule has 1 aliphatic heterocycles. The van der Waals surface area contributed by atoms with Gasteiger partial charge in [-0.25, -0.2) is 8.42 Å². The van der Waals surface area contributed by atoms with Crippen LogP contribution < -0.4 is 5.32 Å². The number of hydrogen-bond donors (Lipinski definition) is 1. The van der Waals surface area contributed by atoms with Crippen LogP contribution in [0.1, 0.15) is 44.9 Å². The molecule has 1 atom stereocenters. The zero-order valence-corrected chi connectivity index (χ0v) is 15.2. The van der Waals surface area contributed by atoms with Gasteiger partial charge < -0.3 is 5.32 Å². The van der Waals surface area contributed by atoms with E-state index < -0.39 is 16.1 Å². The van der Waals surface area contributed by atoms with Gasteiger partial charge in [-0.15, -0.1) is 0 Å². The summed E-state index contributed by atoms with van der Waals surface area (Å²) < 4.78 is 27.2. The van der Waals surface area contributed by atoms with E-state index in [-0.39, 0.29) is 21.9 Å². The number of sulfonamides is 1. The number of carbonyl (C=O) groups excluding carboxylic acids is 1. The molecule has 1 N–H and O–H groups in total. The molecule has 7 heteroatoms. The number of nitrogens with zero attached hydrogens (tertiary/aromatic N) is 1. The predicted molar refractivity (Wildman–Crippen MR) is 93.4 cm³/mol. The molecule has 1 heterocycles. The van der Waals surface area contributed by atoms with Crippen molar-refractivity contribution in [3.63, 3.8) is 0 Å². The molecule has 24 heavy (non-hydrogen) atoms. The van der Waals surface area contributed by atoms with E-state index in [0.29, 0.717) is 19.4 Å². The molecule has 2 fully saturated rings. The third-order valence-electron chi connectivity index (χ3n) is 4.88. The minimum Gasteiger partial charge on any atom is -0.352 e. The van der Waals surface area contributed by atoms with Gasteiger partial charge in [0.2, 0.25) is 15.9 Å². The van der Waals surface area contributed by atoms with Crippen LogP contribution in [0.15, 0.2) is 29.2 Å². The Morgan fingerprint density at radius 3 is 2.50 bits per heavy atom. The van der Waals surface area contributed by atoms with Crippen LogP contribution in [0.3, 0.4) is 0 Å². The van der Waals surface area contributed by atoms with Crippen molar-refractivity contribution in [3.05, 3.63) is 29.3 Å². The fourth-order valence-corrected chi connectivity index (χ4v) is 5.77. The molecule has 0 unspecified atom stereocenters. The highest BCUT2D eigenvalue weighted by molar-refractivity contribution is 7.89. The Labute approximate surface area is 148 Å². The summed E-state index contributed by atoms with van der Waals surface area (Å²) in [6.07, 6.45) is 6.66. The molecule has 1 saturated heterocycles. The van der Waals surface area contributed by atoms with Gasteiger partial charge in [-0.3, -0.25) is 4.79 Å². The van der Waals surface area contributed by atoms with Crippen molar-refractivity contribution in [1.29, 1.82) is 0 Å².